The monoisotopic (exact) mass is 227 g/mol. The van der Waals surface area contributed by atoms with Gasteiger partial charge in [-0.15, -0.1) is 0 Å². The molecule has 1 N–H and O–H groups in total. The zero-order chi connectivity index (χ0) is 12.4. The van der Waals surface area contributed by atoms with Gasteiger partial charge in [-0.2, -0.15) is 0 Å². The van der Waals surface area contributed by atoms with E-state index in [0.29, 0.717) is 0 Å². The van der Waals surface area contributed by atoms with Crippen molar-refractivity contribution in [3.05, 3.63) is 0 Å². The van der Waals surface area contributed by atoms with Crippen LogP contribution in [0.5, 0.6) is 0 Å². The Morgan fingerprint density at radius 3 is 2.25 bits per heavy atom. The Bertz CT molecular complexity index is 268. The van der Waals surface area contributed by atoms with Gasteiger partial charge in [-0.05, 0) is 40.5 Å². The van der Waals surface area contributed by atoms with Gasteiger partial charge in [0.25, 0.3) is 0 Å². The van der Waals surface area contributed by atoms with Crippen molar-refractivity contribution in [1.29, 1.82) is 0 Å². The van der Waals surface area contributed by atoms with E-state index in [0.717, 1.165) is 12.8 Å². The summed E-state index contributed by atoms with van der Waals surface area (Å²) in [5, 5.41) is 2.90. The maximum atomic E-state index is 11.4. The SMILES string of the molecule is CC1(NC(=O)CCC(=O)OC(C)(C)C)CC1. The molecule has 1 amide bonds. The van der Waals surface area contributed by atoms with Gasteiger partial charge >= 0.3 is 5.97 Å². The van der Waals surface area contributed by atoms with Gasteiger partial charge in [0.1, 0.15) is 5.60 Å². The molecule has 1 rings (SSSR count). The first-order valence-electron chi connectivity index (χ1n) is 5.73. The molecule has 0 bridgehead atoms. The Morgan fingerprint density at radius 1 is 1.25 bits per heavy atom. The van der Waals surface area contributed by atoms with Gasteiger partial charge in [-0.25, -0.2) is 0 Å². The summed E-state index contributed by atoms with van der Waals surface area (Å²) in [7, 11) is 0. The van der Waals surface area contributed by atoms with Crippen LogP contribution in [0.1, 0.15) is 53.4 Å². The van der Waals surface area contributed by atoms with Gasteiger partial charge in [-0.3, -0.25) is 9.59 Å². The van der Waals surface area contributed by atoms with Crippen LogP contribution >= 0.6 is 0 Å². The second-order valence-electron chi connectivity index (χ2n) is 5.70. The van der Waals surface area contributed by atoms with Crippen LogP contribution in [-0.2, 0) is 14.3 Å². The standard InChI is InChI=1S/C12H21NO3/c1-11(2,3)16-10(15)6-5-9(14)13-12(4)7-8-12/h5-8H2,1-4H3,(H,13,14). The molecule has 16 heavy (non-hydrogen) atoms. The van der Waals surface area contributed by atoms with E-state index in [-0.39, 0.29) is 30.3 Å². The van der Waals surface area contributed by atoms with E-state index >= 15 is 0 Å². The van der Waals surface area contributed by atoms with Crippen LogP contribution in [0, 0.1) is 0 Å². The fourth-order valence-corrected chi connectivity index (χ4v) is 1.32. The number of hydrogen-bond donors (Lipinski definition) is 1. The van der Waals surface area contributed by atoms with Crippen LogP contribution in [-0.4, -0.2) is 23.0 Å². The Morgan fingerprint density at radius 2 is 1.81 bits per heavy atom. The van der Waals surface area contributed by atoms with E-state index in [1.54, 1.807) is 0 Å². The number of nitrogens with one attached hydrogen (secondary N) is 1. The van der Waals surface area contributed by atoms with Crippen molar-refractivity contribution >= 4 is 11.9 Å². The zero-order valence-electron chi connectivity index (χ0n) is 10.6. The van der Waals surface area contributed by atoms with E-state index in [1.165, 1.54) is 0 Å². The quantitative estimate of drug-likeness (QED) is 0.745. The van der Waals surface area contributed by atoms with Gasteiger partial charge in [0, 0.05) is 12.0 Å². The molecule has 0 aromatic heterocycles. The van der Waals surface area contributed by atoms with Crippen molar-refractivity contribution in [2.45, 2.75) is 64.5 Å². The molecule has 1 fully saturated rings. The summed E-state index contributed by atoms with van der Waals surface area (Å²) in [4.78, 5) is 22.8. The lowest BCUT2D eigenvalue weighted by Crippen LogP contribution is -2.34. The molecule has 0 aliphatic heterocycles. The summed E-state index contributed by atoms with van der Waals surface area (Å²) < 4.78 is 5.11. The van der Waals surface area contributed by atoms with E-state index in [1.807, 2.05) is 27.7 Å². The van der Waals surface area contributed by atoms with Gasteiger partial charge in [0.05, 0.1) is 6.42 Å². The molecule has 4 heteroatoms. The third-order valence-electron chi connectivity index (χ3n) is 2.42. The van der Waals surface area contributed by atoms with Crippen LogP contribution in [0.3, 0.4) is 0 Å². The van der Waals surface area contributed by atoms with Crippen LogP contribution in [0.4, 0.5) is 0 Å². The molecule has 0 aromatic carbocycles. The second kappa shape index (κ2) is 4.44. The number of hydrogen-bond acceptors (Lipinski definition) is 3. The molecular formula is C12H21NO3. The minimum Gasteiger partial charge on any atom is -0.460 e. The van der Waals surface area contributed by atoms with Crippen molar-refractivity contribution in [2.75, 3.05) is 0 Å². The number of ether oxygens (including phenoxy) is 1. The highest BCUT2D eigenvalue weighted by atomic mass is 16.6. The number of amides is 1. The van der Waals surface area contributed by atoms with Gasteiger partial charge < -0.3 is 10.1 Å². The minimum absolute atomic E-state index is 0.00891. The minimum atomic E-state index is -0.476. The Hall–Kier alpha value is -1.06. The van der Waals surface area contributed by atoms with Gasteiger partial charge in [0.2, 0.25) is 5.91 Å². The van der Waals surface area contributed by atoms with Crippen LogP contribution < -0.4 is 5.32 Å². The number of rotatable bonds is 4. The summed E-state index contributed by atoms with van der Waals surface area (Å²) in [6.45, 7) is 7.46. The normalized spacial score (nSPS) is 17.8. The summed E-state index contributed by atoms with van der Waals surface area (Å²) in [6.07, 6.45) is 2.43. The lowest BCUT2D eigenvalue weighted by molar-refractivity contribution is -0.155. The molecule has 0 aromatic rings. The highest BCUT2D eigenvalue weighted by molar-refractivity contribution is 5.82. The molecule has 1 aliphatic rings. The lowest BCUT2D eigenvalue weighted by Gasteiger charge is -2.19. The summed E-state index contributed by atoms with van der Waals surface area (Å²) in [5.74, 6) is -0.380. The fourth-order valence-electron chi connectivity index (χ4n) is 1.32. The first-order chi connectivity index (χ1) is 7.20. The van der Waals surface area contributed by atoms with E-state index in [2.05, 4.69) is 5.32 Å². The highest BCUT2D eigenvalue weighted by Gasteiger charge is 2.38. The highest BCUT2D eigenvalue weighted by Crippen LogP contribution is 2.34. The van der Waals surface area contributed by atoms with Crippen molar-refractivity contribution in [3.8, 4) is 0 Å². The Labute approximate surface area is 96.7 Å². The van der Waals surface area contributed by atoms with Crippen molar-refractivity contribution in [2.24, 2.45) is 0 Å². The first kappa shape index (κ1) is 13.0. The topological polar surface area (TPSA) is 55.4 Å². The van der Waals surface area contributed by atoms with Gasteiger partial charge in [0.15, 0.2) is 0 Å². The van der Waals surface area contributed by atoms with E-state index in [4.69, 9.17) is 4.74 Å². The molecular weight excluding hydrogens is 206 g/mol. The fraction of sp³-hybridized carbons (Fsp3) is 0.833. The summed E-state index contributed by atoms with van der Waals surface area (Å²) >= 11 is 0. The van der Waals surface area contributed by atoms with Crippen LogP contribution in [0.2, 0.25) is 0 Å². The molecule has 0 atom stereocenters. The average Bonchev–Trinajstić information content (AvgIpc) is 2.77. The second-order valence-corrected chi connectivity index (χ2v) is 5.70. The summed E-state index contributed by atoms with van der Waals surface area (Å²) in [6, 6.07) is 0. The largest absolute Gasteiger partial charge is 0.460 e. The third-order valence-corrected chi connectivity index (χ3v) is 2.42. The third kappa shape index (κ3) is 5.14. The van der Waals surface area contributed by atoms with Crippen LogP contribution in [0.25, 0.3) is 0 Å². The molecule has 0 spiro atoms. The smallest absolute Gasteiger partial charge is 0.306 e. The molecule has 4 nitrogen and oxygen atoms in total. The van der Waals surface area contributed by atoms with E-state index < -0.39 is 5.60 Å². The zero-order valence-corrected chi connectivity index (χ0v) is 10.6. The Balaban J connectivity index is 2.19. The predicted octanol–water partition coefficient (Wildman–Crippen LogP) is 1.78. The molecule has 92 valence electrons. The molecule has 1 aliphatic carbocycles. The summed E-state index contributed by atoms with van der Waals surface area (Å²) in [5.41, 5.74) is -0.485. The maximum absolute atomic E-state index is 11.4. The average molecular weight is 227 g/mol. The van der Waals surface area contributed by atoms with Gasteiger partial charge in [-0.1, -0.05) is 0 Å². The number of carbonyl (C=O) groups is 2. The maximum Gasteiger partial charge on any atom is 0.306 e. The first-order valence-corrected chi connectivity index (χ1v) is 5.73. The van der Waals surface area contributed by atoms with Crippen molar-refractivity contribution < 1.29 is 14.3 Å². The van der Waals surface area contributed by atoms with Crippen molar-refractivity contribution in [1.82, 2.24) is 5.32 Å². The molecule has 0 saturated heterocycles. The van der Waals surface area contributed by atoms with Crippen LogP contribution in [0.15, 0.2) is 0 Å². The number of carbonyl (C=O) groups excluding carboxylic acids is 2. The molecule has 0 unspecified atom stereocenters. The Kier molecular flexibility index (Phi) is 3.61. The molecule has 0 radical (unpaired) electrons. The molecule has 0 heterocycles. The molecule has 1 saturated carbocycles. The predicted molar refractivity (Wildman–Crippen MR) is 60.9 cm³/mol. The van der Waals surface area contributed by atoms with E-state index in [9.17, 15) is 9.59 Å². The lowest BCUT2D eigenvalue weighted by atomic mass is 10.2. The number of esters is 1. The van der Waals surface area contributed by atoms with Crippen molar-refractivity contribution in [3.63, 3.8) is 0 Å².